The van der Waals surface area contributed by atoms with Crippen LogP contribution in [0.25, 0.3) is 0 Å². The average Bonchev–Trinajstić information content (AvgIpc) is 2.86. The van der Waals surface area contributed by atoms with Crippen LogP contribution in [0.1, 0.15) is 17.5 Å². The zero-order valence-corrected chi connectivity index (χ0v) is 15.4. The van der Waals surface area contributed by atoms with E-state index in [4.69, 9.17) is 5.73 Å². The molecule has 4 N–H and O–H groups in total. The van der Waals surface area contributed by atoms with Crippen molar-refractivity contribution < 1.29 is 14.4 Å². The zero-order valence-electron chi connectivity index (χ0n) is 13.7. The summed E-state index contributed by atoms with van der Waals surface area (Å²) in [5, 5.41) is 4.36. The Morgan fingerprint density at radius 1 is 1.28 bits per heavy atom. The van der Waals surface area contributed by atoms with Crippen LogP contribution < -0.4 is 16.4 Å². The van der Waals surface area contributed by atoms with Crippen molar-refractivity contribution in [1.82, 2.24) is 10.3 Å². The van der Waals surface area contributed by atoms with E-state index in [1.165, 1.54) is 23.1 Å². The fourth-order valence-electron chi connectivity index (χ4n) is 1.88. The first-order valence-electron chi connectivity index (χ1n) is 7.43. The van der Waals surface area contributed by atoms with Crippen molar-refractivity contribution in [2.24, 2.45) is 5.73 Å². The second-order valence-corrected chi connectivity index (χ2v) is 7.87. The molecular weight excluding hydrogens is 360 g/mol. The number of rotatable bonds is 6. The molecule has 0 aliphatic heterocycles. The van der Waals surface area contributed by atoms with E-state index in [9.17, 15) is 14.4 Å². The predicted octanol–water partition coefficient (Wildman–Crippen LogP) is 2.31. The molecule has 4 amide bonds. The molecule has 0 aliphatic rings. The van der Waals surface area contributed by atoms with Crippen LogP contribution >= 0.6 is 23.1 Å². The smallest absolute Gasteiger partial charge is 0.325 e. The van der Waals surface area contributed by atoms with Gasteiger partial charge in [-0.25, -0.2) is 9.78 Å². The quantitative estimate of drug-likeness (QED) is 0.667. The van der Waals surface area contributed by atoms with E-state index >= 15 is 0 Å². The number of carbonyl (C=O) groups excluding carboxylic acids is 3. The number of benzene rings is 1. The molecule has 0 aliphatic carbocycles. The first kappa shape index (κ1) is 18.9. The zero-order chi connectivity index (χ0) is 18.4. The molecule has 2 rings (SSSR count). The molecule has 132 valence electrons. The van der Waals surface area contributed by atoms with Crippen LogP contribution in [0.4, 0.5) is 10.5 Å². The number of imide groups is 1. The van der Waals surface area contributed by atoms with Crippen LogP contribution in [-0.2, 0) is 16.0 Å². The Morgan fingerprint density at radius 2 is 1.96 bits per heavy atom. The Bertz CT molecular complexity index is 777. The number of thioether (sulfide) groups is 1. The van der Waals surface area contributed by atoms with E-state index in [0.717, 1.165) is 10.6 Å². The van der Waals surface area contributed by atoms with E-state index in [-0.39, 0.29) is 6.42 Å². The number of nitrogens with one attached hydrogen (secondary N) is 2. The molecule has 2 aromatic rings. The number of aromatic nitrogens is 1. The first-order chi connectivity index (χ1) is 11.8. The van der Waals surface area contributed by atoms with Crippen molar-refractivity contribution in [3.05, 3.63) is 40.9 Å². The van der Waals surface area contributed by atoms with E-state index in [2.05, 4.69) is 15.6 Å². The lowest BCUT2D eigenvalue weighted by molar-refractivity contribution is -0.119. The molecule has 7 nitrogen and oxygen atoms in total. The van der Waals surface area contributed by atoms with Crippen LogP contribution in [0.15, 0.2) is 34.7 Å². The second kappa shape index (κ2) is 8.63. The monoisotopic (exact) mass is 378 g/mol. The number of amides is 4. The third kappa shape index (κ3) is 5.87. The summed E-state index contributed by atoms with van der Waals surface area (Å²) in [5.41, 5.74) is 6.51. The summed E-state index contributed by atoms with van der Waals surface area (Å²) < 4.78 is 0.653. The van der Waals surface area contributed by atoms with Gasteiger partial charge >= 0.3 is 6.03 Å². The average molecular weight is 378 g/mol. The molecule has 0 bridgehead atoms. The molecule has 1 aromatic heterocycles. The van der Waals surface area contributed by atoms with Crippen LogP contribution in [0, 0.1) is 6.92 Å². The van der Waals surface area contributed by atoms with Crippen molar-refractivity contribution in [3.8, 4) is 0 Å². The largest absolute Gasteiger partial charge is 0.369 e. The van der Waals surface area contributed by atoms with Gasteiger partial charge < -0.3 is 11.1 Å². The van der Waals surface area contributed by atoms with Gasteiger partial charge in [-0.2, -0.15) is 0 Å². The Kier molecular flexibility index (Phi) is 6.54. The van der Waals surface area contributed by atoms with Crippen molar-refractivity contribution >= 4 is 46.6 Å². The number of primary amides is 1. The summed E-state index contributed by atoms with van der Waals surface area (Å²) in [7, 11) is 0. The van der Waals surface area contributed by atoms with E-state index in [1.807, 2.05) is 6.07 Å². The Morgan fingerprint density at radius 3 is 2.60 bits per heavy atom. The molecule has 0 radical (unpaired) electrons. The van der Waals surface area contributed by atoms with Crippen molar-refractivity contribution in [3.63, 3.8) is 0 Å². The lowest BCUT2D eigenvalue weighted by atomic mass is 10.3. The van der Waals surface area contributed by atoms with Gasteiger partial charge in [0.25, 0.3) is 0 Å². The van der Waals surface area contributed by atoms with E-state index in [0.29, 0.717) is 10.0 Å². The molecule has 1 heterocycles. The SMILES string of the molecule is Cc1nc(S[C@H](C)C(=O)NC(=O)Nc2ccccc2)sc1CC(N)=O. The van der Waals surface area contributed by atoms with Gasteiger partial charge in [0.1, 0.15) is 0 Å². The molecule has 0 saturated carbocycles. The number of anilines is 1. The number of nitrogens with zero attached hydrogens (tertiary/aromatic N) is 1. The Labute approximate surface area is 153 Å². The van der Waals surface area contributed by atoms with Gasteiger partial charge in [0.2, 0.25) is 11.8 Å². The summed E-state index contributed by atoms with van der Waals surface area (Å²) in [6.07, 6.45) is 0.129. The Hall–Kier alpha value is -2.39. The van der Waals surface area contributed by atoms with Gasteiger partial charge in [-0.15, -0.1) is 11.3 Å². The summed E-state index contributed by atoms with van der Waals surface area (Å²) in [4.78, 5) is 40.1. The molecule has 0 fully saturated rings. The Balaban J connectivity index is 1.89. The minimum absolute atomic E-state index is 0.129. The normalized spacial score (nSPS) is 11.6. The highest BCUT2D eigenvalue weighted by Crippen LogP contribution is 2.30. The number of thiazole rings is 1. The van der Waals surface area contributed by atoms with Crippen molar-refractivity contribution in [1.29, 1.82) is 0 Å². The van der Waals surface area contributed by atoms with Crippen molar-refractivity contribution in [2.75, 3.05) is 5.32 Å². The highest BCUT2D eigenvalue weighted by atomic mass is 32.2. The van der Waals surface area contributed by atoms with Crippen molar-refractivity contribution in [2.45, 2.75) is 29.9 Å². The minimum atomic E-state index is -0.589. The third-order valence-electron chi connectivity index (χ3n) is 3.12. The summed E-state index contributed by atoms with van der Waals surface area (Å²) in [6, 6.07) is 8.25. The fourth-order valence-corrected chi connectivity index (χ4v) is 4.26. The lowest BCUT2D eigenvalue weighted by Crippen LogP contribution is -2.38. The molecule has 9 heteroatoms. The second-order valence-electron chi connectivity index (χ2n) is 5.20. The summed E-state index contributed by atoms with van der Waals surface area (Å²) in [6.45, 7) is 3.47. The molecule has 0 spiro atoms. The van der Waals surface area contributed by atoms with Gasteiger partial charge in [0.05, 0.1) is 17.4 Å². The van der Waals surface area contributed by atoms with Gasteiger partial charge in [0.15, 0.2) is 4.34 Å². The standard InChI is InChI=1S/C16H18N4O3S2/c1-9-12(8-13(17)21)25-16(18-9)24-10(2)14(22)20-15(23)19-11-6-4-3-5-7-11/h3-7,10H,8H2,1-2H3,(H2,17,21)(H2,19,20,22,23)/t10-/m1/s1. The number of aryl methyl sites for hydroxylation is 1. The number of nitrogens with two attached hydrogens (primary N) is 1. The lowest BCUT2D eigenvalue weighted by Gasteiger charge is -2.10. The number of para-hydroxylation sites is 1. The van der Waals surface area contributed by atoms with Gasteiger partial charge in [-0.3, -0.25) is 14.9 Å². The number of carbonyl (C=O) groups is 3. The van der Waals surface area contributed by atoms with Gasteiger partial charge in [0, 0.05) is 10.6 Å². The number of urea groups is 1. The van der Waals surface area contributed by atoms with Crippen LogP contribution in [0.3, 0.4) is 0 Å². The maximum atomic E-state index is 12.1. The maximum Gasteiger partial charge on any atom is 0.325 e. The first-order valence-corrected chi connectivity index (χ1v) is 9.13. The summed E-state index contributed by atoms with van der Waals surface area (Å²) in [5.74, 6) is -0.852. The maximum absolute atomic E-state index is 12.1. The molecule has 1 atom stereocenters. The highest BCUT2D eigenvalue weighted by molar-refractivity contribution is 8.02. The van der Waals surface area contributed by atoms with E-state index < -0.39 is 23.1 Å². The topological polar surface area (TPSA) is 114 Å². The van der Waals surface area contributed by atoms with Gasteiger partial charge in [-0.1, -0.05) is 30.0 Å². The predicted molar refractivity (Wildman–Crippen MR) is 98.7 cm³/mol. The summed E-state index contributed by atoms with van der Waals surface area (Å²) >= 11 is 2.55. The molecule has 25 heavy (non-hydrogen) atoms. The molecular formula is C16H18N4O3S2. The minimum Gasteiger partial charge on any atom is -0.369 e. The number of hydrogen-bond donors (Lipinski definition) is 3. The van der Waals surface area contributed by atoms with Crippen LogP contribution in [0.2, 0.25) is 0 Å². The molecule has 0 unspecified atom stereocenters. The number of hydrogen-bond acceptors (Lipinski definition) is 6. The molecule has 0 saturated heterocycles. The third-order valence-corrected chi connectivity index (χ3v) is 5.47. The molecule has 1 aromatic carbocycles. The van der Waals surface area contributed by atoms with E-state index in [1.54, 1.807) is 38.1 Å². The van der Waals surface area contributed by atoms with Gasteiger partial charge in [-0.05, 0) is 26.0 Å². The van der Waals surface area contributed by atoms with Crippen LogP contribution in [0.5, 0.6) is 0 Å². The van der Waals surface area contributed by atoms with Crippen LogP contribution in [-0.4, -0.2) is 28.1 Å². The highest BCUT2D eigenvalue weighted by Gasteiger charge is 2.20. The fraction of sp³-hybridized carbons (Fsp3) is 0.250.